The third kappa shape index (κ3) is 3.70. The first kappa shape index (κ1) is 17.9. The fourth-order valence-electron chi connectivity index (χ4n) is 2.89. The van der Waals surface area contributed by atoms with Crippen LogP contribution < -0.4 is 5.32 Å². The second-order valence-electron chi connectivity index (χ2n) is 7.33. The lowest BCUT2D eigenvalue weighted by Gasteiger charge is -2.15. The van der Waals surface area contributed by atoms with Crippen molar-refractivity contribution in [2.24, 2.45) is 0 Å². The first-order chi connectivity index (χ1) is 11.9. The fraction of sp³-hybridized carbons (Fsp3) is 0.400. The Balaban J connectivity index is 2.18. The van der Waals surface area contributed by atoms with Gasteiger partial charge in [-0.3, -0.25) is 0 Å². The number of hydrogen-bond acceptors (Lipinski definition) is 3. The van der Waals surface area contributed by atoms with Crippen molar-refractivity contribution >= 4 is 22.6 Å². The van der Waals surface area contributed by atoms with Gasteiger partial charge in [0, 0.05) is 22.9 Å². The minimum absolute atomic E-state index is 0.0814. The number of halogens is 1. The number of pyridine rings is 1. The average molecular weight is 357 g/mol. The summed E-state index contributed by atoms with van der Waals surface area (Å²) in [7, 11) is 0. The number of para-hydroxylation sites is 1. The molecule has 0 radical (unpaired) electrons. The van der Waals surface area contributed by atoms with Crippen LogP contribution in [0.4, 0.5) is 0 Å². The summed E-state index contributed by atoms with van der Waals surface area (Å²) >= 11 is 6.47. The van der Waals surface area contributed by atoms with E-state index in [0.29, 0.717) is 5.15 Å². The van der Waals surface area contributed by atoms with Gasteiger partial charge in [-0.2, -0.15) is 5.10 Å². The summed E-state index contributed by atoms with van der Waals surface area (Å²) in [5.41, 5.74) is 3.76. The molecule has 0 saturated heterocycles. The number of nitrogens with zero attached hydrogens (tertiary/aromatic N) is 3. The van der Waals surface area contributed by atoms with Gasteiger partial charge in [-0.05, 0) is 31.2 Å². The molecule has 3 rings (SSSR count). The summed E-state index contributed by atoms with van der Waals surface area (Å²) in [6, 6.07) is 12.2. The molecule has 1 N–H and O–H groups in total. The van der Waals surface area contributed by atoms with Gasteiger partial charge in [-0.15, -0.1) is 0 Å². The highest BCUT2D eigenvalue weighted by Gasteiger charge is 2.24. The molecule has 2 aromatic heterocycles. The zero-order chi connectivity index (χ0) is 18.0. The number of rotatable bonds is 5. The minimum Gasteiger partial charge on any atom is -0.313 e. The molecule has 0 aliphatic heterocycles. The van der Waals surface area contributed by atoms with Crippen LogP contribution in [0.2, 0.25) is 5.15 Å². The lowest BCUT2D eigenvalue weighted by molar-refractivity contribution is 0.565. The van der Waals surface area contributed by atoms with Crippen LogP contribution in [-0.2, 0) is 12.0 Å². The highest BCUT2D eigenvalue weighted by molar-refractivity contribution is 6.30. The molecule has 5 heteroatoms. The third-order valence-corrected chi connectivity index (χ3v) is 4.46. The molecule has 0 atom stereocenters. The normalized spacial score (nSPS) is 12.0. The molecule has 0 unspecified atom stereocenters. The van der Waals surface area contributed by atoms with Crippen LogP contribution in [0, 0.1) is 0 Å². The van der Waals surface area contributed by atoms with Crippen molar-refractivity contribution < 1.29 is 0 Å². The Kier molecular flexibility index (Phi) is 5.11. The summed E-state index contributed by atoms with van der Waals surface area (Å²) in [6.07, 6.45) is 1.09. The quantitative estimate of drug-likeness (QED) is 0.523. The van der Waals surface area contributed by atoms with Crippen LogP contribution in [0.1, 0.15) is 45.4 Å². The topological polar surface area (TPSA) is 42.7 Å². The molecular weight excluding hydrogens is 332 g/mol. The highest BCUT2D eigenvalue weighted by Crippen LogP contribution is 2.32. The molecule has 4 nitrogen and oxygen atoms in total. The van der Waals surface area contributed by atoms with E-state index in [0.717, 1.165) is 47.5 Å². The van der Waals surface area contributed by atoms with E-state index in [1.807, 2.05) is 35.0 Å². The molecule has 2 heterocycles. The average Bonchev–Trinajstić information content (AvgIpc) is 2.94. The Morgan fingerprint density at radius 1 is 1.16 bits per heavy atom. The SMILES string of the molecule is CCCNCc1cc2c(C(C)(C)C)nn(-c3ccccc3)c2nc1Cl. The molecule has 25 heavy (non-hydrogen) atoms. The van der Waals surface area contributed by atoms with Gasteiger partial charge >= 0.3 is 0 Å². The molecule has 0 aliphatic rings. The Labute approximate surface area is 154 Å². The van der Waals surface area contributed by atoms with Crippen molar-refractivity contribution in [2.45, 2.75) is 46.1 Å². The van der Waals surface area contributed by atoms with Gasteiger partial charge in [0.1, 0.15) is 5.15 Å². The van der Waals surface area contributed by atoms with E-state index in [9.17, 15) is 0 Å². The Morgan fingerprint density at radius 2 is 1.88 bits per heavy atom. The number of fused-ring (bicyclic) bond motifs is 1. The fourth-order valence-corrected chi connectivity index (χ4v) is 3.09. The number of benzene rings is 1. The lowest BCUT2D eigenvalue weighted by Crippen LogP contribution is -2.15. The molecule has 0 spiro atoms. The van der Waals surface area contributed by atoms with Gasteiger partial charge in [0.2, 0.25) is 0 Å². The van der Waals surface area contributed by atoms with Gasteiger partial charge in [0.15, 0.2) is 5.65 Å². The van der Waals surface area contributed by atoms with E-state index in [1.54, 1.807) is 0 Å². The van der Waals surface area contributed by atoms with Crippen molar-refractivity contribution in [2.75, 3.05) is 6.54 Å². The predicted octanol–water partition coefficient (Wildman–Crippen LogP) is 4.87. The molecule has 0 aliphatic carbocycles. The van der Waals surface area contributed by atoms with Crippen LogP contribution in [0.3, 0.4) is 0 Å². The number of hydrogen-bond donors (Lipinski definition) is 1. The maximum absolute atomic E-state index is 6.47. The number of aromatic nitrogens is 3. The maximum Gasteiger partial charge on any atom is 0.164 e. The van der Waals surface area contributed by atoms with Crippen LogP contribution in [0.15, 0.2) is 36.4 Å². The van der Waals surface area contributed by atoms with E-state index in [4.69, 9.17) is 21.7 Å². The van der Waals surface area contributed by atoms with E-state index in [-0.39, 0.29) is 5.41 Å². The molecule has 0 amide bonds. The smallest absolute Gasteiger partial charge is 0.164 e. The molecule has 0 saturated carbocycles. The lowest BCUT2D eigenvalue weighted by atomic mass is 9.90. The molecule has 132 valence electrons. The number of nitrogens with one attached hydrogen (secondary N) is 1. The molecule has 0 bridgehead atoms. The van der Waals surface area contributed by atoms with Crippen molar-refractivity contribution in [3.63, 3.8) is 0 Å². The highest BCUT2D eigenvalue weighted by atomic mass is 35.5. The predicted molar refractivity (Wildman–Crippen MR) is 105 cm³/mol. The second kappa shape index (κ2) is 7.14. The van der Waals surface area contributed by atoms with E-state index < -0.39 is 0 Å². The zero-order valence-corrected chi connectivity index (χ0v) is 16.1. The standard InChI is InChI=1S/C20H25ClN4/c1-5-11-22-13-14-12-16-17(20(2,3)4)24-25(19(16)23-18(14)21)15-9-7-6-8-10-15/h6-10,12,22H,5,11,13H2,1-4H3. The van der Waals surface area contributed by atoms with E-state index in [2.05, 4.69) is 39.1 Å². The van der Waals surface area contributed by atoms with E-state index >= 15 is 0 Å². The summed E-state index contributed by atoms with van der Waals surface area (Å²) in [6.45, 7) is 10.4. The van der Waals surface area contributed by atoms with Crippen LogP contribution in [0.5, 0.6) is 0 Å². The van der Waals surface area contributed by atoms with Gasteiger partial charge in [0.05, 0.1) is 11.4 Å². The van der Waals surface area contributed by atoms with Crippen LogP contribution in [-0.4, -0.2) is 21.3 Å². The molecule has 3 aromatic rings. The summed E-state index contributed by atoms with van der Waals surface area (Å²) in [5.74, 6) is 0. The van der Waals surface area contributed by atoms with Gasteiger partial charge in [-0.1, -0.05) is 57.5 Å². The largest absolute Gasteiger partial charge is 0.313 e. The van der Waals surface area contributed by atoms with Gasteiger partial charge in [-0.25, -0.2) is 9.67 Å². The first-order valence-electron chi connectivity index (χ1n) is 8.76. The molecular formula is C20H25ClN4. The third-order valence-electron chi connectivity index (χ3n) is 4.14. The van der Waals surface area contributed by atoms with E-state index in [1.165, 1.54) is 0 Å². The van der Waals surface area contributed by atoms with Crippen molar-refractivity contribution in [3.05, 3.63) is 52.8 Å². The van der Waals surface area contributed by atoms with Crippen molar-refractivity contribution in [1.82, 2.24) is 20.1 Å². The molecule has 1 aromatic carbocycles. The first-order valence-corrected chi connectivity index (χ1v) is 9.14. The second-order valence-corrected chi connectivity index (χ2v) is 7.69. The monoisotopic (exact) mass is 356 g/mol. The summed E-state index contributed by atoms with van der Waals surface area (Å²) < 4.78 is 1.89. The van der Waals surface area contributed by atoms with Crippen LogP contribution in [0.25, 0.3) is 16.7 Å². The van der Waals surface area contributed by atoms with Crippen molar-refractivity contribution in [1.29, 1.82) is 0 Å². The van der Waals surface area contributed by atoms with Gasteiger partial charge < -0.3 is 5.32 Å². The Bertz CT molecular complexity index is 863. The Hall–Kier alpha value is -1.91. The maximum atomic E-state index is 6.47. The Morgan fingerprint density at radius 3 is 2.52 bits per heavy atom. The minimum atomic E-state index is -0.0814. The van der Waals surface area contributed by atoms with Crippen molar-refractivity contribution in [3.8, 4) is 5.69 Å². The zero-order valence-electron chi connectivity index (χ0n) is 15.3. The molecule has 0 fully saturated rings. The van der Waals surface area contributed by atoms with Gasteiger partial charge in [0.25, 0.3) is 0 Å². The summed E-state index contributed by atoms with van der Waals surface area (Å²) in [4.78, 5) is 4.69. The van der Waals surface area contributed by atoms with Crippen LogP contribution >= 0.6 is 11.6 Å². The summed E-state index contributed by atoms with van der Waals surface area (Å²) in [5, 5.41) is 9.89.